The van der Waals surface area contributed by atoms with Gasteiger partial charge >= 0.3 is 5.97 Å². The number of esters is 1. The lowest BCUT2D eigenvalue weighted by molar-refractivity contribution is -0.272. The maximum atomic E-state index is 11.8. The highest BCUT2D eigenvalue weighted by molar-refractivity contribution is 5.66. The van der Waals surface area contributed by atoms with Gasteiger partial charge in [-0.1, -0.05) is 39.3 Å². The van der Waals surface area contributed by atoms with Gasteiger partial charge in [-0.05, 0) is 74.0 Å². The highest BCUT2D eigenvalue weighted by atomic mass is 16.7. The van der Waals surface area contributed by atoms with Gasteiger partial charge in [-0.25, -0.2) is 0 Å². The average molecular weight is 473 g/mol. The Kier molecular flexibility index (Phi) is 5.38. The van der Waals surface area contributed by atoms with Gasteiger partial charge in [-0.2, -0.15) is 0 Å². The molecular weight excluding hydrogens is 428 g/mol. The molecule has 4 aliphatic carbocycles. The molecule has 190 valence electrons. The lowest BCUT2D eigenvalue weighted by atomic mass is 9.47. The van der Waals surface area contributed by atoms with Crippen molar-refractivity contribution in [2.45, 2.75) is 110 Å². The number of rotatable bonds is 1. The quantitative estimate of drug-likeness (QED) is 0.417. The largest absolute Gasteiger partial charge is 0.463 e. The van der Waals surface area contributed by atoms with Crippen LogP contribution in [0.1, 0.15) is 86.0 Å². The van der Waals surface area contributed by atoms with Crippen LogP contribution in [0.2, 0.25) is 0 Å². The molecule has 2 saturated heterocycles. The number of ether oxygens (including phenoxy) is 3. The van der Waals surface area contributed by atoms with E-state index in [2.05, 4.69) is 33.8 Å². The van der Waals surface area contributed by atoms with Crippen LogP contribution in [0.4, 0.5) is 0 Å². The zero-order valence-corrected chi connectivity index (χ0v) is 21.7. The van der Waals surface area contributed by atoms with Crippen molar-refractivity contribution in [2.24, 2.45) is 46.3 Å². The van der Waals surface area contributed by atoms with Crippen molar-refractivity contribution in [3.8, 4) is 0 Å². The van der Waals surface area contributed by atoms with E-state index in [9.17, 15) is 9.90 Å². The standard InChI is InChI=1S/C29H44O5/c1-16-8-11-29(32-15-16)17(2)26-24(34-29)13-23-21-7-6-19-12-20(33-18(3)30)9-10-27(19,4)22(21)14-25(31)28(23,26)5/h14,16-17,19-21,23-26,31H,6-13,15H2,1-5H3/t16-,17-,19-,20-,21+,23-,24-,25+,26-,27-,28+,29-/m0/s1. The number of allylic oxidation sites excluding steroid dienone is 1. The molecule has 6 rings (SSSR count). The van der Waals surface area contributed by atoms with Gasteiger partial charge in [0, 0.05) is 30.6 Å². The highest BCUT2D eigenvalue weighted by Crippen LogP contribution is 2.69. The van der Waals surface area contributed by atoms with Gasteiger partial charge in [0.15, 0.2) is 5.79 Å². The third-order valence-electron chi connectivity index (χ3n) is 11.7. The van der Waals surface area contributed by atoms with Crippen molar-refractivity contribution in [3.63, 3.8) is 0 Å². The molecule has 1 spiro atoms. The lowest BCUT2D eigenvalue weighted by Crippen LogP contribution is -2.55. The molecule has 2 aliphatic heterocycles. The fourth-order valence-corrected chi connectivity index (χ4v) is 9.83. The summed E-state index contributed by atoms with van der Waals surface area (Å²) in [5.41, 5.74) is 1.45. The van der Waals surface area contributed by atoms with Gasteiger partial charge in [0.2, 0.25) is 0 Å². The summed E-state index contributed by atoms with van der Waals surface area (Å²) in [5.74, 6) is 2.15. The first-order valence-electron chi connectivity index (χ1n) is 14.0. The Morgan fingerprint density at radius 2 is 1.91 bits per heavy atom. The van der Waals surface area contributed by atoms with Gasteiger partial charge in [-0.3, -0.25) is 4.79 Å². The first-order valence-corrected chi connectivity index (χ1v) is 14.0. The number of carbonyl (C=O) groups excluding carboxylic acids is 1. The Bertz CT molecular complexity index is 874. The number of aliphatic hydroxyl groups excluding tert-OH is 1. The summed E-state index contributed by atoms with van der Waals surface area (Å²) in [6.07, 6.45) is 10.6. The van der Waals surface area contributed by atoms with Crippen LogP contribution in [-0.4, -0.2) is 41.8 Å². The molecule has 12 atom stereocenters. The SMILES string of the molecule is CC(=O)O[C@H]1CC[C@]2(C)C3=C[C@@H](O)[C@]4(C)[C@@H]5[C@H](C[C@H]4[C@@H]3CC[C@H]2C1)O[C@@]1(CC[C@H](C)CO1)[C@H]5C. The van der Waals surface area contributed by atoms with Crippen molar-refractivity contribution >= 4 is 5.97 Å². The minimum atomic E-state index is -0.446. The van der Waals surface area contributed by atoms with Crippen molar-refractivity contribution in [1.29, 1.82) is 0 Å². The van der Waals surface area contributed by atoms with Gasteiger partial charge < -0.3 is 19.3 Å². The molecule has 1 N–H and O–H groups in total. The molecule has 3 saturated carbocycles. The van der Waals surface area contributed by atoms with Crippen molar-refractivity contribution < 1.29 is 24.1 Å². The first-order chi connectivity index (χ1) is 16.1. The summed E-state index contributed by atoms with van der Waals surface area (Å²) in [6.45, 7) is 11.7. The number of aliphatic hydroxyl groups is 1. The molecule has 6 aliphatic rings. The normalized spacial score (nSPS) is 56.2. The number of hydrogen-bond acceptors (Lipinski definition) is 5. The topological polar surface area (TPSA) is 65.0 Å². The highest BCUT2D eigenvalue weighted by Gasteiger charge is 2.70. The van der Waals surface area contributed by atoms with Gasteiger partial charge in [0.05, 0.1) is 18.8 Å². The van der Waals surface area contributed by atoms with Crippen LogP contribution in [0.5, 0.6) is 0 Å². The summed E-state index contributed by atoms with van der Waals surface area (Å²) in [4.78, 5) is 11.5. The molecular formula is C29H44O5. The molecule has 5 heteroatoms. The van der Waals surface area contributed by atoms with Crippen LogP contribution in [-0.2, 0) is 19.0 Å². The molecule has 5 nitrogen and oxygen atoms in total. The Labute approximate surface area is 205 Å². The summed E-state index contributed by atoms with van der Waals surface area (Å²) in [6, 6.07) is 0. The fourth-order valence-electron chi connectivity index (χ4n) is 9.83. The minimum absolute atomic E-state index is 0.0565. The van der Waals surface area contributed by atoms with E-state index in [0.717, 1.165) is 45.1 Å². The lowest BCUT2D eigenvalue weighted by Gasteiger charge is -2.58. The van der Waals surface area contributed by atoms with E-state index in [0.29, 0.717) is 35.5 Å². The zero-order valence-electron chi connectivity index (χ0n) is 21.7. The minimum Gasteiger partial charge on any atom is -0.463 e. The predicted molar refractivity (Wildman–Crippen MR) is 129 cm³/mol. The Morgan fingerprint density at radius 1 is 1.12 bits per heavy atom. The van der Waals surface area contributed by atoms with Crippen LogP contribution in [0.15, 0.2) is 11.6 Å². The van der Waals surface area contributed by atoms with Crippen LogP contribution in [0.25, 0.3) is 0 Å². The molecule has 34 heavy (non-hydrogen) atoms. The summed E-state index contributed by atoms with van der Waals surface area (Å²) < 4.78 is 18.9. The zero-order chi connectivity index (χ0) is 24.0. The molecule has 0 radical (unpaired) electrons. The Hall–Kier alpha value is -0.910. The molecule has 0 aromatic carbocycles. The van der Waals surface area contributed by atoms with Gasteiger partial charge in [-0.15, -0.1) is 0 Å². The van der Waals surface area contributed by atoms with E-state index in [1.54, 1.807) is 0 Å². The maximum absolute atomic E-state index is 11.8. The molecule has 0 aromatic rings. The summed E-state index contributed by atoms with van der Waals surface area (Å²) >= 11 is 0. The number of hydrogen-bond donors (Lipinski definition) is 1. The van der Waals surface area contributed by atoms with Gasteiger partial charge in [0.25, 0.3) is 0 Å². The Morgan fingerprint density at radius 3 is 2.62 bits per heavy atom. The molecule has 0 amide bonds. The maximum Gasteiger partial charge on any atom is 0.302 e. The summed E-state index contributed by atoms with van der Waals surface area (Å²) in [5, 5.41) is 11.8. The van der Waals surface area contributed by atoms with Crippen molar-refractivity contribution in [1.82, 2.24) is 0 Å². The van der Waals surface area contributed by atoms with Gasteiger partial charge in [0.1, 0.15) is 6.10 Å². The second-order valence-corrected chi connectivity index (χ2v) is 13.3. The Balaban J connectivity index is 1.28. The van der Waals surface area contributed by atoms with E-state index in [4.69, 9.17) is 14.2 Å². The van der Waals surface area contributed by atoms with Crippen LogP contribution in [0, 0.1) is 46.3 Å². The third-order valence-corrected chi connectivity index (χ3v) is 11.7. The monoisotopic (exact) mass is 472 g/mol. The first kappa shape index (κ1) is 23.5. The van der Waals surface area contributed by atoms with E-state index in [1.807, 2.05) is 0 Å². The summed E-state index contributed by atoms with van der Waals surface area (Å²) in [7, 11) is 0. The molecule has 0 bridgehead atoms. The van der Waals surface area contributed by atoms with Crippen LogP contribution >= 0.6 is 0 Å². The third kappa shape index (κ3) is 3.11. The smallest absolute Gasteiger partial charge is 0.302 e. The van der Waals surface area contributed by atoms with Crippen molar-refractivity contribution in [3.05, 3.63) is 11.6 Å². The molecule has 0 aromatic heterocycles. The molecule has 0 unspecified atom stereocenters. The van der Waals surface area contributed by atoms with E-state index in [-0.39, 0.29) is 29.0 Å². The predicted octanol–water partition coefficient (Wildman–Crippen LogP) is 5.26. The number of carbonyl (C=O) groups is 1. The van der Waals surface area contributed by atoms with E-state index < -0.39 is 11.9 Å². The van der Waals surface area contributed by atoms with E-state index >= 15 is 0 Å². The van der Waals surface area contributed by atoms with Crippen molar-refractivity contribution in [2.75, 3.05) is 6.61 Å². The second kappa shape index (κ2) is 7.79. The van der Waals surface area contributed by atoms with Crippen LogP contribution in [0.3, 0.4) is 0 Å². The average Bonchev–Trinajstić information content (AvgIpc) is 3.23. The second-order valence-electron chi connectivity index (χ2n) is 13.3. The fraction of sp³-hybridized carbons (Fsp3) is 0.897. The number of fused-ring (bicyclic) bond motifs is 7. The molecule has 5 fully saturated rings. The van der Waals surface area contributed by atoms with E-state index in [1.165, 1.54) is 25.3 Å². The van der Waals surface area contributed by atoms with Crippen LogP contribution < -0.4 is 0 Å². The molecule has 2 heterocycles.